The van der Waals surface area contributed by atoms with Gasteiger partial charge in [-0.1, -0.05) is 18.2 Å². The third-order valence-electron chi connectivity index (χ3n) is 2.96. The minimum Gasteiger partial charge on any atom is -0.457 e. The summed E-state index contributed by atoms with van der Waals surface area (Å²) in [6, 6.07) is 17.6. The molecule has 0 aliphatic rings. The zero-order valence-corrected chi connectivity index (χ0v) is 10.9. The Labute approximate surface area is 117 Å². The molecule has 0 saturated carbocycles. The van der Waals surface area contributed by atoms with Crippen molar-refractivity contribution in [3.8, 4) is 17.2 Å². The van der Waals surface area contributed by atoms with Gasteiger partial charge in [0.25, 0.3) is 0 Å². The smallest absolute Gasteiger partial charge is 0.127 e. The summed E-state index contributed by atoms with van der Waals surface area (Å²) < 4.78 is 7.69. The summed E-state index contributed by atoms with van der Waals surface area (Å²) in [4.78, 5) is 4.21. The van der Waals surface area contributed by atoms with Crippen molar-refractivity contribution in [2.75, 3.05) is 0 Å². The molecule has 0 amide bonds. The number of hydrogen-bond donors (Lipinski definition) is 1. The largest absolute Gasteiger partial charge is 0.457 e. The molecule has 0 bridgehead atoms. The highest BCUT2D eigenvalue weighted by Crippen LogP contribution is 2.22. The molecular weight excluding hydrogens is 250 g/mol. The van der Waals surface area contributed by atoms with Gasteiger partial charge in [0, 0.05) is 18.4 Å². The molecule has 0 aliphatic heterocycles. The SMILES string of the molecule is NCc1cn(-c2ccc(Oc3ccccc3)cc2)cn1. The molecule has 2 aromatic carbocycles. The molecule has 0 fully saturated rings. The normalized spacial score (nSPS) is 10.4. The molecule has 20 heavy (non-hydrogen) atoms. The second-order valence-electron chi connectivity index (χ2n) is 4.39. The third kappa shape index (κ3) is 2.70. The van der Waals surface area contributed by atoms with Crippen molar-refractivity contribution in [2.24, 2.45) is 5.73 Å². The molecule has 1 aromatic heterocycles. The monoisotopic (exact) mass is 265 g/mol. The Bertz CT molecular complexity index is 674. The van der Waals surface area contributed by atoms with Crippen LogP contribution in [0, 0.1) is 0 Å². The van der Waals surface area contributed by atoms with Crippen LogP contribution in [0.4, 0.5) is 0 Å². The molecule has 4 nitrogen and oxygen atoms in total. The van der Waals surface area contributed by atoms with E-state index in [9.17, 15) is 0 Å². The summed E-state index contributed by atoms with van der Waals surface area (Å²) in [5, 5.41) is 0. The first-order valence-electron chi connectivity index (χ1n) is 6.41. The number of imidazole rings is 1. The van der Waals surface area contributed by atoms with E-state index in [0.29, 0.717) is 6.54 Å². The number of aromatic nitrogens is 2. The van der Waals surface area contributed by atoms with Gasteiger partial charge >= 0.3 is 0 Å². The summed E-state index contributed by atoms with van der Waals surface area (Å²) in [7, 11) is 0. The van der Waals surface area contributed by atoms with E-state index < -0.39 is 0 Å². The molecule has 3 aromatic rings. The topological polar surface area (TPSA) is 53.1 Å². The van der Waals surface area contributed by atoms with Gasteiger partial charge in [0.1, 0.15) is 11.5 Å². The van der Waals surface area contributed by atoms with Gasteiger partial charge in [-0.3, -0.25) is 0 Å². The van der Waals surface area contributed by atoms with E-state index in [-0.39, 0.29) is 0 Å². The number of ether oxygens (including phenoxy) is 1. The van der Waals surface area contributed by atoms with Gasteiger partial charge < -0.3 is 15.0 Å². The molecule has 100 valence electrons. The van der Waals surface area contributed by atoms with Gasteiger partial charge in [-0.05, 0) is 36.4 Å². The fraction of sp³-hybridized carbons (Fsp3) is 0.0625. The summed E-state index contributed by atoms with van der Waals surface area (Å²) in [5.41, 5.74) is 7.45. The predicted octanol–water partition coefficient (Wildman–Crippen LogP) is 3.12. The summed E-state index contributed by atoms with van der Waals surface area (Å²) in [6.45, 7) is 0.447. The number of hydrogen-bond acceptors (Lipinski definition) is 3. The average molecular weight is 265 g/mol. The van der Waals surface area contributed by atoms with Crippen LogP contribution in [-0.4, -0.2) is 9.55 Å². The summed E-state index contributed by atoms with van der Waals surface area (Å²) >= 11 is 0. The van der Waals surface area contributed by atoms with Crippen molar-refractivity contribution >= 4 is 0 Å². The van der Waals surface area contributed by atoms with Crippen molar-refractivity contribution in [3.05, 3.63) is 72.8 Å². The highest BCUT2D eigenvalue weighted by Gasteiger charge is 2.01. The van der Waals surface area contributed by atoms with Crippen LogP contribution in [0.3, 0.4) is 0 Å². The number of para-hydroxylation sites is 1. The summed E-state index contributed by atoms with van der Waals surface area (Å²) in [6.07, 6.45) is 3.68. The van der Waals surface area contributed by atoms with Crippen LogP contribution < -0.4 is 10.5 Å². The van der Waals surface area contributed by atoms with Crippen molar-refractivity contribution in [1.29, 1.82) is 0 Å². The van der Waals surface area contributed by atoms with Gasteiger partial charge in [-0.25, -0.2) is 4.98 Å². The van der Waals surface area contributed by atoms with Crippen LogP contribution in [0.25, 0.3) is 5.69 Å². The van der Waals surface area contributed by atoms with Gasteiger partial charge in [0.2, 0.25) is 0 Å². The third-order valence-corrected chi connectivity index (χ3v) is 2.96. The van der Waals surface area contributed by atoms with Crippen LogP contribution in [-0.2, 0) is 6.54 Å². The Morgan fingerprint density at radius 3 is 2.30 bits per heavy atom. The molecular formula is C16H15N3O. The van der Waals surface area contributed by atoms with E-state index in [0.717, 1.165) is 22.9 Å². The van der Waals surface area contributed by atoms with Gasteiger partial charge in [-0.2, -0.15) is 0 Å². The van der Waals surface area contributed by atoms with Crippen LogP contribution in [0.15, 0.2) is 67.1 Å². The summed E-state index contributed by atoms with van der Waals surface area (Å²) in [5.74, 6) is 1.63. The Kier molecular flexibility index (Phi) is 3.48. The molecule has 0 unspecified atom stereocenters. The van der Waals surface area contributed by atoms with Crippen molar-refractivity contribution in [3.63, 3.8) is 0 Å². The molecule has 0 spiro atoms. The van der Waals surface area contributed by atoms with E-state index in [4.69, 9.17) is 10.5 Å². The van der Waals surface area contributed by atoms with E-state index in [1.165, 1.54) is 0 Å². The lowest BCUT2D eigenvalue weighted by Crippen LogP contribution is -1.95. The van der Waals surface area contributed by atoms with Crippen molar-refractivity contribution in [2.45, 2.75) is 6.54 Å². The fourth-order valence-corrected chi connectivity index (χ4v) is 1.92. The molecule has 0 saturated heterocycles. The van der Waals surface area contributed by atoms with Gasteiger partial charge in [-0.15, -0.1) is 0 Å². The molecule has 0 radical (unpaired) electrons. The van der Waals surface area contributed by atoms with E-state index in [1.54, 1.807) is 6.33 Å². The first-order valence-corrected chi connectivity index (χ1v) is 6.41. The maximum atomic E-state index is 5.75. The van der Waals surface area contributed by atoms with Crippen LogP contribution >= 0.6 is 0 Å². The Morgan fingerprint density at radius 1 is 0.950 bits per heavy atom. The Balaban J connectivity index is 1.77. The minimum atomic E-state index is 0.447. The minimum absolute atomic E-state index is 0.447. The first-order chi connectivity index (χ1) is 9.85. The zero-order valence-electron chi connectivity index (χ0n) is 10.9. The van der Waals surface area contributed by atoms with Crippen LogP contribution in [0.1, 0.15) is 5.69 Å². The molecule has 2 N–H and O–H groups in total. The molecule has 0 aliphatic carbocycles. The lowest BCUT2D eigenvalue weighted by molar-refractivity contribution is 0.482. The van der Waals surface area contributed by atoms with Gasteiger partial charge in [0.05, 0.1) is 12.0 Å². The van der Waals surface area contributed by atoms with E-state index >= 15 is 0 Å². The first kappa shape index (κ1) is 12.4. The quantitative estimate of drug-likeness (QED) is 0.788. The lowest BCUT2D eigenvalue weighted by atomic mass is 10.3. The van der Waals surface area contributed by atoms with Gasteiger partial charge in [0.15, 0.2) is 0 Å². The fourth-order valence-electron chi connectivity index (χ4n) is 1.92. The number of benzene rings is 2. The van der Waals surface area contributed by atoms with Crippen molar-refractivity contribution < 1.29 is 4.74 Å². The van der Waals surface area contributed by atoms with Crippen LogP contribution in [0.5, 0.6) is 11.5 Å². The second kappa shape index (κ2) is 5.59. The van der Waals surface area contributed by atoms with Crippen LogP contribution in [0.2, 0.25) is 0 Å². The molecule has 0 atom stereocenters. The number of nitrogens with zero attached hydrogens (tertiary/aromatic N) is 2. The maximum absolute atomic E-state index is 5.75. The number of nitrogens with two attached hydrogens (primary N) is 1. The lowest BCUT2D eigenvalue weighted by Gasteiger charge is -2.07. The van der Waals surface area contributed by atoms with E-state index in [1.807, 2.05) is 65.4 Å². The maximum Gasteiger partial charge on any atom is 0.127 e. The second-order valence-corrected chi connectivity index (χ2v) is 4.39. The Hall–Kier alpha value is -2.59. The zero-order chi connectivity index (χ0) is 13.8. The Morgan fingerprint density at radius 2 is 1.65 bits per heavy atom. The van der Waals surface area contributed by atoms with Crippen molar-refractivity contribution in [1.82, 2.24) is 9.55 Å². The molecule has 1 heterocycles. The standard InChI is InChI=1S/C16H15N3O/c17-10-13-11-19(12-18-13)14-6-8-16(9-7-14)20-15-4-2-1-3-5-15/h1-9,11-12H,10,17H2. The average Bonchev–Trinajstić information content (AvgIpc) is 2.98. The molecule has 4 heteroatoms. The highest BCUT2D eigenvalue weighted by atomic mass is 16.5. The predicted molar refractivity (Wildman–Crippen MR) is 78.0 cm³/mol. The highest BCUT2D eigenvalue weighted by molar-refractivity contribution is 5.39. The number of rotatable bonds is 4. The van der Waals surface area contributed by atoms with E-state index in [2.05, 4.69) is 4.98 Å². The molecule has 3 rings (SSSR count).